The number of hydrogen-bond acceptors (Lipinski definition) is 6. The number of rotatable bonds is 5. The van der Waals surface area contributed by atoms with E-state index < -0.39 is 17.6 Å². The van der Waals surface area contributed by atoms with Crippen LogP contribution in [-0.4, -0.2) is 65.9 Å². The highest BCUT2D eigenvalue weighted by Gasteiger charge is 2.39. The van der Waals surface area contributed by atoms with Crippen LogP contribution in [0.3, 0.4) is 0 Å². The molecule has 0 radical (unpaired) electrons. The molecule has 178 valence electrons. The second kappa shape index (κ2) is 9.03. The van der Waals surface area contributed by atoms with Crippen molar-refractivity contribution in [2.24, 2.45) is 0 Å². The van der Waals surface area contributed by atoms with Crippen LogP contribution >= 0.6 is 0 Å². The van der Waals surface area contributed by atoms with Gasteiger partial charge in [0.1, 0.15) is 11.8 Å². The summed E-state index contributed by atoms with van der Waals surface area (Å²) < 4.78 is 60.3. The van der Waals surface area contributed by atoms with Crippen LogP contribution in [0, 0.1) is 0 Å². The third-order valence-corrected chi connectivity index (χ3v) is 6.13. The molecule has 4 heterocycles. The minimum absolute atomic E-state index is 0.0426. The second-order valence-electron chi connectivity index (χ2n) is 8.51. The largest absolute Gasteiger partial charge is 0.417 e. The number of halogens is 3. The molecule has 0 aromatic carbocycles. The summed E-state index contributed by atoms with van der Waals surface area (Å²) in [5.74, 6) is -0.635. The minimum Gasteiger partial charge on any atom is -0.376 e. The number of aromatic nitrogens is 3. The number of nitrogens with one attached hydrogen (secondary N) is 1. The molecule has 1 amide bonds. The highest BCUT2D eigenvalue weighted by atomic mass is 19.4. The topological polar surface area (TPSA) is 87.5 Å². The molecule has 0 bridgehead atoms. The van der Waals surface area contributed by atoms with E-state index >= 15 is 0 Å². The van der Waals surface area contributed by atoms with Crippen LogP contribution in [0.15, 0.2) is 12.3 Å². The lowest BCUT2D eigenvalue weighted by atomic mass is 9.90. The zero-order chi connectivity index (χ0) is 23.0. The third kappa shape index (κ3) is 4.75. The molecule has 2 aromatic rings. The Morgan fingerprint density at radius 3 is 2.76 bits per heavy atom. The zero-order valence-electron chi connectivity index (χ0n) is 18.0. The molecule has 3 aliphatic rings. The van der Waals surface area contributed by atoms with E-state index in [2.05, 4.69) is 15.4 Å². The normalized spacial score (nSPS) is 22.6. The number of fused-ring (bicyclic) bond motifs is 3. The molecular formula is C22H25F3N4O4. The van der Waals surface area contributed by atoms with Gasteiger partial charge in [-0.2, -0.15) is 18.3 Å². The van der Waals surface area contributed by atoms with Crippen LogP contribution < -0.4 is 5.32 Å². The van der Waals surface area contributed by atoms with E-state index in [0.717, 1.165) is 24.5 Å². The number of alkyl halides is 3. The van der Waals surface area contributed by atoms with E-state index in [1.807, 2.05) is 0 Å². The fourth-order valence-corrected chi connectivity index (χ4v) is 4.54. The van der Waals surface area contributed by atoms with Crippen molar-refractivity contribution in [3.05, 3.63) is 34.8 Å². The molecule has 8 nitrogen and oxygen atoms in total. The summed E-state index contributed by atoms with van der Waals surface area (Å²) in [6.45, 7) is 2.70. The Morgan fingerprint density at radius 1 is 1.18 bits per heavy atom. The van der Waals surface area contributed by atoms with Crippen molar-refractivity contribution in [1.29, 1.82) is 0 Å². The fourth-order valence-electron chi connectivity index (χ4n) is 4.54. The summed E-state index contributed by atoms with van der Waals surface area (Å²) in [6, 6.07) is 0.829. The highest BCUT2D eigenvalue weighted by molar-refractivity contribution is 5.93. The summed E-state index contributed by atoms with van der Waals surface area (Å²) in [6.07, 6.45) is -0.690. The van der Waals surface area contributed by atoms with E-state index in [-0.39, 0.29) is 41.4 Å². The molecule has 2 atom stereocenters. The maximum Gasteiger partial charge on any atom is 0.417 e. The van der Waals surface area contributed by atoms with Gasteiger partial charge >= 0.3 is 6.18 Å². The summed E-state index contributed by atoms with van der Waals surface area (Å²) in [5.41, 5.74) is 0.0511. The van der Waals surface area contributed by atoms with Gasteiger partial charge < -0.3 is 19.5 Å². The molecular weight excluding hydrogens is 441 g/mol. The first kappa shape index (κ1) is 22.3. The average Bonchev–Trinajstić information content (AvgIpc) is 3.46. The average molecular weight is 466 g/mol. The van der Waals surface area contributed by atoms with E-state index in [1.165, 1.54) is 0 Å². The van der Waals surface area contributed by atoms with Gasteiger partial charge in [-0.15, -0.1) is 0 Å². The number of carbonyl (C=O) groups is 1. The summed E-state index contributed by atoms with van der Waals surface area (Å²) in [5, 5.41) is 7.10. The lowest BCUT2D eigenvalue weighted by Crippen LogP contribution is -2.33. The number of carbonyl (C=O) groups excluding carboxylic acids is 1. The molecule has 2 saturated heterocycles. The van der Waals surface area contributed by atoms with Crippen molar-refractivity contribution in [2.45, 2.75) is 50.6 Å². The fraction of sp³-hybridized carbons (Fsp3) is 0.591. The SMILES string of the molecule is O=C(NC[C@@H]1CCCO1)c1cc(C(F)(F)F)c2c(n1)CCc1cn(C[C@H]3COCCO3)nc1-2. The van der Waals surface area contributed by atoms with E-state index in [4.69, 9.17) is 14.2 Å². The smallest absolute Gasteiger partial charge is 0.376 e. The summed E-state index contributed by atoms with van der Waals surface area (Å²) in [7, 11) is 0. The maximum atomic E-state index is 14.1. The van der Waals surface area contributed by atoms with Crippen molar-refractivity contribution < 1.29 is 32.2 Å². The van der Waals surface area contributed by atoms with E-state index in [0.29, 0.717) is 45.8 Å². The third-order valence-electron chi connectivity index (χ3n) is 6.13. The predicted octanol–water partition coefficient (Wildman–Crippen LogP) is 2.39. The van der Waals surface area contributed by atoms with Gasteiger partial charge in [0.15, 0.2) is 0 Å². The Hall–Kier alpha value is -2.50. The van der Waals surface area contributed by atoms with Gasteiger partial charge in [0.2, 0.25) is 0 Å². The molecule has 0 unspecified atom stereocenters. The summed E-state index contributed by atoms with van der Waals surface area (Å²) in [4.78, 5) is 16.9. The van der Waals surface area contributed by atoms with E-state index in [9.17, 15) is 18.0 Å². The number of nitrogens with zero attached hydrogens (tertiary/aromatic N) is 3. The Labute approximate surface area is 188 Å². The number of hydrogen-bond donors (Lipinski definition) is 1. The highest BCUT2D eigenvalue weighted by Crippen LogP contribution is 2.42. The standard InChI is InChI=1S/C22H25F3N4O4/c23-22(24,25)16-8-18(21(30)26-9-14-2-1-5-32-14)27-17-4-3-13-10-29(28-20(13)19(16)17)11-15-12-31-6-7-33-15/h8,10,14-15H,1-7,9,11-12H2,(H,26,30)/t14-,15-/m0/s1. The first-order valence-electron chi connectivity index (χ1n) is 11.2. The molecule has 1 N–H and O–H groups in total. The molecule has 11 heteroatoms. The van der Waals surface area contributed by atoms with Gasteiger partial charge in [-0.25, -0.2) is 4.98 Å². The molecule has 0 spiro atoms. The van der Waals surface area contributed by atoms with Crippen LogP contribution in [0.5, 0.6) is 0 Å². The molecule has 2 fully saturated rings. The van der Waals surface area contributed by atoms with Crippen LogP contribution in [0.2, 0.25) is 0 Å². The minimum atomic E-state index is -4.66. The van der Waals surface area contributed by atoms with Crippen molar-refractivity contribution >= 4 is 5.91 Å². The number of aryl methyl sites for hydroxylation is 2. The van der Waals surface area contributed by atoms with Crippen molar-refractivity contribution in [2.75, 3.05) is 33.0 Å². The van der Waals surface area contributed by atoms with Gasteiger partial charge in [-0.3, -0.25) is 9.48 Å². The van der Waals surface area contributed by atoms with Crippen molar-refractivity contribution in [3.63, 3.8) is 0 Å². The molecule has 0 saturated carbocycles. The Bertz CT molecular complexity index is 1030. The maximum absolute atomic E-state index is 14.1. The van der Waals surface area contributed by atoms with Gasteiger partial charge in [0, 0.05) is 24.9 Å². The molecule has 2 aromatic heterocycles. The molecule has 5 rings (SSSR count). The Balaban J connectivity index is 1.44. The number of pyridine rings is 1. The van der Waals surface area contributed by atoms with Gasteiger partial charge in [0.25, 0.3) is 5.91 Å². The quantitative estimate of drug-likeness (QED) is 0.728. The first-order valence-corrected chi connectivity index (χ1v) is 11.2. The first-order chi connectivity index (χ1) is 15.9. The zero-order valence-corrected chi connectivity index (χ0v) is 18.0. The second-order valence-corrected chi connectivity index (χ2v) is 8.51. The Kier molecular flexibility index (Phi) is 6.11. The van der Waals surface area contributed by atoms with Crippen LogP contribution in [0.1, 0.15) is 40.2 Å². The number of amides is 1. The van der Waals surface area contributed by atoms with Crippen molar-refractivity contribution in [1.82, 2.24) is 20.1 Å². The lowest BCUT2D eigenvalue weighted by molar-refractivity contribution is -0.137. The Morgan fingerprint density at radius 2 is 2.03 bits per heavy atom. The van der Waals surface area contributed by atoms with E-state index in [1.54, 1.807) is 10.9 Å². The van der Waals surface area contributed by atoms with Gasteiger partial charge in [-0.1, -0.05) is 0 Å². The monoisotopic (exact) mass is 466 g/mol. The number of ether oxygens (including phenoxy) is 3. The predicted molar refractivity (Wildman–Crippen MR) is 110 cm³/mol. The summed E-state index contributed by atoms with van der Waals surface area (Å²) >= 11 is 0. The van der Waals surface area contributed by atoms with Crippen LogP contribution in [0.25, 0.3) is 11.3 Å². The lowest BCUT2D eigenvalue weighted by Gasteiger charge is -2.22. The molecule has 1 aliphatic carbocycles. The molecule has 33 heavy (non-hydrogen) atoms. The molecule has 2 aliphatic heterocycles. The van der Waals surface area contributed by atoms with Crippen molar-refractivity contribution in [3.8, 4) is 11.3 Å². The van der Waals surface area contributed by atoms with Gasteiger partial charge in [-0.05, 0) is 37.3 Å². The van der Waals surface area contributed by atoms with Crippen LogP contribution in [0.4, 0.5) is 13.2 Å². The van der Waals surface area contributed by atoms with Crippen LogP contribution in [-0.2, 0) is 39.8 Å². The van der Waals surface area contributed by atoms with Gasteiger partial charge in [0.05, 0.1) is 49.4 Å².